The Labute approximate surface area is 86.0 Å². The highest BCUT2D eigenvalue weighted by atomic mass is 16.3. The van der Waals surface area contributed by atoms with E-state index in [1.807, 2.05) is 18.2 Å². The summed E-state index contributed by atoms with van der Waals surface area (Å²) in [6.07, 6.45) is 5.05. The van der Waals surface area contributed by atoms with Crippen molar-refractivity contribution in [2.45, 2.75) is 33.2 Å². The quantitative estimate of drug-likeness (QED) is 0.778. The van der Waals surface area contributed by atoms with E-state index in [1.165, 1.54) is 0 Å². The van der Waals surface area contributed by atoms with Crippen LogP contribution in [0.4, 0.5) is 0 Å². The lowest BCUT2D eigenvalue weighted by Crippen LogP contribution is -2.22. The molecule has 0 radical (unpaired) electrons. The third kappa shape index (κ3) is 3.79. The zero-order chi connectivity index (χ0) is 10.4. The zero-order valence-electron chi connectivity index (χ0n) is 9.21. The summed E-state index contributed by atoms with van der Waals surface area (Å²) in [6, 6.07) is 4.56. The molecular formula is C12H19NO. The lowest BCUT2D eigenvalue weighted by molar-refractivity contribution is 0.507. The van der Waals surface area contributed by atoms with Crippen LogP contribution in [0.5, 0.6) is 0 Å². The van der Waals surface area contributed by atoms with Gasteiger partial charge in [0.05, 0.1) is 0 Å². The van der Waals surface area contributed by atoms with Gasteiger partial charge in [-0.1, -0.05) is 26.8 Å². The summed E-state index contributed by atoms with van der Waals surface area (Å²) in [4.78, 5) is 0. The van der Waals surface area contributed by atoms with E-state index in [1.54, 1.807) is 0 Å². The standard InChI is InChI=1S/C12H19NO/c1-4-11-7-8-12(14-11)6-5-9-13-10(2)3/h5-8,10,13H,4,9H2,1-3H3. The topological polar surface area (TPSA) is 25.2 Å². The normalized spacial score (nSPS) is 11.7. The Morgan fingerprint density at radius 3 is 2.79 bits per heavy atom. The van der Waals surface area contributed by atoms with Gasteiger partial charge in [0.2, 0.25) is 0 Å². The third-order valence-electron chi connectivity index (χ3n) is 1.96. The molecule has 0 unspecified atom stereocenters. The van der Waals surface area contributed by atoms with Crippen molar-refractivity contribution in [1.29, 1.82) is 0 Å². The van der Waals surface area contributed by atoms with Gasteiger partial charge >= 0.3 is 0 Å². The zero-order valence-corrected chi connectivity index (χ0v) is 9.21. The first kappa shape index (κ1) is 11.1. The number of hydrogen-bond acceptors (Lipinski definition) is 2. The van der Waals surface area contributed by atoms with Crippen LogP contribution >= 0.6 is 0 Å². The Morgan fingerprint density at radius 1 is 1.43 bits per heavy atom. The first-order chi connectivity index (χ1) is 6.72. The summed E-state index contributed by atoms with van der Waals surface area (Å²) in [6.45, 7) is 7.25. The van der Waals surface area contributed by atoms with Crippen LogP contribution in [-0.2, 0) is 6.42 Å². The van der Waals surface area contributed by atoms with Crippen molar-refractivity contribution in [1.82, 2.24) is 5.32 Å². The molecule has 1 rings (SSSR count). The lowest BCUT2D eigenvalue weighted by Gasteiger charge is -2.02. The van der Waals surface area contributed by atoms with E-state index in [0.29, 0.717) is 6.04 Å². The average molecular weight is 193 g/mol. The molecule has 0 bridgehead atoms. The fourth-order valence-corrected chi connectivity index (χ4v) is 1.15. The largest absolute Gasteiger partial charge is 0.462 e. The Kier molecular flexibility index (Phi) is 4.47. The van der Waals surface area contributed by atoms with Gasteiger partial charge in [-0.3, -0.25) is 0 Å². The molecule has 0 saturated heterocycles. The first-order valence-corrected chi connectivity index (χ1v) is 5.21. The van der Waals surface area contributed by atoms with Gasteiger partial charge in [0, 0.05) is 19.0 Å². The Balaban J connectivity index is 2.36. The van der Waals surface area contributed by atoms with Crippen LogP contribution in [0, 0.1) is 0 Å². The van der Waals surface area contributed by atoms with Crippen LogP contribution in [0.25, 0.3) is 6.08 Å². The molecule has 2 nitrogen and oxygen atoms in total. The molecule has 1 N–H and O–H groups in total. The van der Waals surface area contributed by atoms with Crippen molar-refractivity contribution >= 4 is 6.08 Å². The molecule has 1 aromatic rings. The highest BCUT2D eigenvalue weighted by Crippen LogP contribution is 2.09. The summed E-state index contributed by atoms with van der Waals surface area (Å²) in [5, 5.41) is 3.31. The second kappa shape index (κ2) is 5.66. The van der Waals surface area contributed by atoms with Gasteiger partial charge in [-0.2, -0.15) is 0 Å². The summed E-state index contributed by atoms with van der Waals surface area (Å²) < 4.78 is 5.53. The van der Waals surface area contributed by atoms with Crippen molar-refractivity contribution < 1.29 is 4.42 Å². The van der Waals surface area contributed by atoms with Gasteiger partial charge in [-0.15, -0.1) is 0 Å². The highest BCUT2D eigenvalue weighted by Gasteiger charge is 1.95. The third-order valence-corrected chi connectivity index (χ3v) is 1.96. The number of rotatable bonds is 5. The smallest absolute Gasteiger partial charge is 0.126 e. The van der Waals surface area contributed by atoms with Crippen LogP contribution in [0.2, 0.25) is 0 Å². The lowest BCUT2D eigenvalue weighted by atomic mass is 10.3. The van der Waals surface area contributed by atoms with Crippen LogP contribution < -0.4 is 5.32 Å². The Morgan fingerprint density at radius 2 is 2.21 bits per heavy atom. The molecule has 0 aliphatic rings. The first-order valence-electron chi connectivity index (χ1n) is 5.21. The monoisotopic (exact) mass is 193 g/mol. The van der Waals surface area contributed by atoms with Crippen LogP contribution in [0.15, 0.2) is 22.6 Å². The maximum absolute atomic E-state index is 5.53. The minimum absolute atomic E-state index is 0.530. The molecule has 0 aromatic carbocycles. The van der Waals surface area contributed by atoms with Crippen molar-refractivity contribution in [3.05, 3.63) is 29.7 Å². The molecule has 0 aliphatic carbocycles. The molecule has 1 heterocycles. The summed E-state index contributed by atoms with van der Waals surface area (Å²) in [5.74, 6) is 1.98. The number of furan rings is 1. The Hall–Kier alpha value is -1.02. The molecule has 0 saturated carbocycles. The predicted molar refractivity (Wildman–Crippen MR) is 60.3 cm³/mol. The number of hydrogen-bond donors (Lipinski definition) is 1. The maximum Gasteiger partial charge on any atom is 0.126 e. The number of nitrogens with one attached hydrogen (secondary N) is 1. The summed E-state index contributed by atoms with van der Waals surface area (Å²) in [5.41, 5.74) is 0. The van der Waals surface area contributed by atoms with E-state index in [2.05, 4.69) is 32.2 Å². The van der Waals surface area contributed by atoms with Crippen molar-refractivity contribution in [2.24, 2.45) is 0 Å². The second-order valence-corrected chi connectivity index (χ2v) is 3.62. The highest BCUT2D eigenvalue weighted by molar-refractivity contribution is 5.43. The predicted octanol–water partition coefficient (Wildman–Crippen LogP) is 2.85. The molecular weight excluding hydrogens is 174 g/mol. The van der Waals surface area contributed by atoms with E-state index >= 15 is 0 Å². The number of aryl methyl sites for hydroxylation is 1. The van der Waals surface area contributed by atoms with Gasteiger partial charge in [0.15, 0.2) is 0 Å². The molecule has 14 heavy (non-hydrogen) atoms. The molecule has 2 heteroatoms. The summed E-state index contributed by atoms with van der Waals surface area (Å²) in [7, 11) is 0. The van der Waals surface area contributed by atoms with Gasteiger partial charge < -0.3 is 9.73 Å². The minimum atomic E-state index is 0.530. The van der Waals surface area contributed by atoms with Gasteiger partial charge in [-0.05, 0) is 18.2 Å². The van der Waals surface area contributed by atoms with Gasteiger partial charge in [-0.25, -0.2) is 0 Å². The molecule has 1 aromatic heterocycles. The van der Waals surface area contributed by atoms with E-state index in [0.717, 1.165) is 24.5 Å². The van der Waals surface area contributed by atoms with E-state index in [4.69, 9.17) is 4.42 Å². The van der Waals surface area contributed by atoms with Crippen LogP contribution in [-0.4, -0.2) is 12.6 Å². The van der Waals surface area contributed by atoms with Crippen LogP contribution in [0.1, 0.15) is 32.3 Å². The molecule has 0 atom stereocenters. The molecule has 0 spiro atoms. The van der Waals surface area contributed by atoms with E-state index in [9.17, 15) is 0 Å². The van der Waals surface area contributed by atoms with Gasteiger partial charge in [0.25, 0.3) is 0 Å². The fourth-order valence-electron chi connectivity index (χ4n) is 1.15. The van der Waals surface area contributed by atoms with Crippen molar-refractivity contribution in [3.8, 4) is 0 Å². The Bertz CT molecular complexity index is 286. The average Bonchev–Trinajstić information content (AvgIpc) is 2.60. The molecule has 0 fully saturated rings. The van der Waals surface area contributed by atoms with Crippen molar-refractivity contribution in [3.63, 3.8) is 0 Å². The molecule has 78 valence electrons. The molecule has 0 aliphatic heterocycles. The SMILES string of the molecule is CCc1ccc(C=CCNC(C)C)o1. The fraction of sp³-hybridized carbons (Fsp3) is 0.500. The maximum atomic E-state index is 5.53. The second-order valence-electron chi connectivity index (χ2n) is 3.62. The van der Waals surface area contributed by atoms with E-state index in [-0.39, 0.29) is 0 Å². The van der Waals surface area contributed by atoms with Crippen molar-refractivity contribution in [2.75, 3.05) is 6.54 Å². The van der Waals surface area contributed by atoms with Crippen LogP contribution in [0.3, 0.4) is 0 Å². The summed E-state index contributed by atoms with van der Waals surface area (Å²) >= 11 is 0. The van der Waals surface area contributed by atoms with Gasteiger partial charge in [0.1, 0.15) is 11.5 Å². The minimum Gasteiger partial charge on any atom is -0.462 e. The molecule has 0 amide bonds. The van der Waals surface area contributed by atoms with E-state index < -0.39 is 0 Å².